The van der Waals surface area contributed by atoms with Gasteiger partial charge >= 0.3 is 11.9 Å². The summed E-state index contributed by atoms with van der Waals surface area (Å²) in [5, 5.41) is 9.60. The third-order valence-electron chi connectivity index (χ3n) is 2.75. The molecule has 0 bridgehead atoms. The van der Waals surface area contributed by atoms with Gasteiger partial charge in [-0.15, -0.1) is 0 Å². The van der Waals surface area contributed by atoms with E-state index in [9.17, 15) is 9.90 Å². The van der Waals surface area contributed by atoms with E-state index in [4.69, 9.17) is 14.2 Å². The van der Waals surface area contributed by atoms with E-state index in [0.29, 0.717) is 17.9 Å². The third-order valence-corrected chi connectivity index (χ3v) is 2.75. The molecule has 0 aliphatic carbocycles. The Balaban J connectivity index is 2.30. The summed E-state index contributed by atoms with van der Waals surface area (Å²) in [6, 6.07) is 17.1. The fourth-order valence-electron chi connectivity index (χ4n) is 1.75. The lowest BCUT2D eigenvalue weighted by Gasteiger charge is -2.29. The maximum Gasteiger partial charge on any atom is 0.477 e. The molecule has 0 aliphatic rings. The molecule has 22 heavy (non-hydrogen) atoms. The molecule has 0 saturated heterocycles. The van der Waals surface area contributed by atoms with Gasteiger partial charge in [0, 0.05) is 0 Å². The van der Waals surface area contributed by atoms with E-state index in [1.807, 2.05) is 6.92 Å². The first-order valence-electron chi connectivity index (χ1n) is 7.02. The summed E-state index contributed by atoms with van der Waals surface area (Å²) >= 11 is 0. The largest absolute Gasteiger partial charge is 0.477 e. The normalized spacial score (nSPS) is 11.0. The van der Waals surface area contributed by atoms with Crippen molar-refractivity contribution in [3.05, 3.63) is 60.7 Å². The molecule has 0 fully saturated rings. The van der Waals surface area contributed by atoms with Crippen LogP contribution >= 0.6 is 0 Å². The Morgan fingerprint density at radius 3 is 1.77 bits per heavy atom. The molecule has 2 aromatic carbocycles. The van der Waals surface area contributed by atoms with Crippen LogP contribution in [-0.4, -0.2) is 23.7 Å². The molecule has 1 N–H and O–H groups in total. The van der Waals surface area contributed by atoms with Gasteiger partial charge in [0.15, 0.2) is 0 Å². The van der Waals surface area contributed by atoms with E-state index in [1.165, 1.54) is 0 Å². The lowest BCUT2D eigenvalue weighted by Crippen LogP contribution is -2.52. The van der Waals surface area contributed by atoms with Crippen molar-refractivity contribution in [1.82, 2.24) is 0 Å². The molecule has 116 valence electrons. The van der Waals surface area contributed by atoms with Crippen LogP contribution in [0.1, 0.15) is 13.3 Å². The second-order valence-electron chi connectivity index (χ2n) is 4.54. The van der Waals surface area contributed by atoms with E-state index in [0.717, 1.165) is 0 Å². The minimum Gasteiger partial charge on any atom is -0.473 e. The van der Waals surface area contributed by atoms with Gasteiger partial charge < -0.3 is 14.6 Å². The van der Waals surface area contributed by atoms with Crippen LogP contribution in [0.3, 0.4) is 0 Å². The van der Waals surface area contributed by atoms with Gasteiger partial charge in [0.05, 0.1) is 6.61 Å². The average Bonchev–Trinajstić information content (AvgIpc) is 2.54. The number of aliphatic carboxylic acids is 1. The second kappa shape index (κ2) is 7.47. The van der Waals surface area contributed by atoms with E-state index < -0.39 is 11.9 Å². The molecule has 0 heterocycles. The predicted octanol–water partition coefficient (Wildman–Crippen LogP) is 3.31. The zero-order chi connectivity index (χ0) is 15.8. The molecule has 5 nitrogen and oxygen atoms in total. The molecule has 0 atom stereocenters. The number of hydrogen-bond donors (Lipinski definition) is 1. The molecular formula is C17H18O5. The van der Waals surface area contributed by atoms with Crippen molar-refractivity contribution in [2.45, 2.75) is 19.3 Å². The number of para-hydroxylation sites is 2. The summed E-state index contributed by atoms with van der Waals surface area (Å²) in [6.45, 7) is 2.06. The summed E-state index contributed by atoms with van der Waals surface area (Å²) in [5.41, 5.74) is 0. The number of hydrogen-bond acceptors (Lipinski definition) is 4. The Hall–Kier alpha value is -2.53. The molecule has 0 unspecified atom stereocenters. The van der Waals surface area contributed by atoms with E-state index >= 15 is 0 Å². The van der Waals surface area contributed by atoms with E-state index in [1.54, 1.807) is 60.7 Å². The van der Waals surface area contributed by atoms with E-state index in [-0.39, 0.29) is 6.61 Å². The van der Waals surface area contributed by atoms with Gasteiger partial charge in [0.1, 0.15) is 11.5 Å². The van der Waals surface area contributed by atoms with Crippen molar-refractivity contribution in [2.24, 2.45) is 0 Å². The molecule has 2 aromatic rings. The molecule has 0 amide bonds. The van der Waals surface area contributed by atoms with Crippen LogP contribution in [0.25, 0.3) is 0 Å². The van der Waals surface area contributed by atoms with Crippen molar-refractivity contribution in [2.75, 3.05) is 6.61 Å². The van der Waals surface area contributed by atoms with Crippen LogP contribution in [0.2, 0.25) is 0 Å². The van der Waals surface area contributed by atoms with Gasteiger partial charge in [-0.25, -0.2) is 4.79 Å². The SMILES string of the molecule is CCCOC(Oc1ccccc1)(Oc1ccccc1)C(=O)O. The Morgan fingerprint density at radius 1 is 0.955 bits per heavy atom. The summed E-state index contributed by atoms with van der Waals surface area (Å²) in [5.74, 6) is -2.89. The number of carbonyl (C=O) groups is 1. The standard InChI is InChI=1S/C17H18O5/c1-2-13-20-17(16(18)19,21-14-9-5-3-6-10-14)22-15-11-7-4-8-12-15/h3-12H,2,13H2,1H3,(H,18,19). The molecular weight excluding hydrogens is 284 g/mol. The smallest absolute Gasteiger partial charge is 0.473 e. The fourth-order valence-corrected chi connectivity index (χ4v) is 1.75. The highest BCUT2D eigenvalue weighted by Gasteiger charge is 2.47. The summed E-state index contributed by atoms with van der Waals surface area (Å²) in [6.07, 6.45) is 0.630. The van der Waals surface area contributed by atoms with Crippen molar-refractivity contribution < 1.29 is 24.1 Å². The molecule has 0 spiro atoms. The van der Waals surface area contributed by atoms with Gasteiger partial charge in [-0.3, -0.25) is 4.74 Å². The first-order chi connectivity index (χ1) is 10.7. The van der Waals surface area contributed by atoms with Gasteiger partial charge in [-0.2, -0.15) is 0 Å². The minimum atomic E-state index is -2.22. The third kappa shape index (κ3) is 3.99. The monoisotopic (exact) mass is 302 g/mol. The summed E-state index contributed by atoms with van der Waals surface area (Å²) in [7, 11) is 0. The van der Waals surface area contributed by atoms with Crippen molar-refractivity contribution in [1.29, 1.82) is 0 Å². The van der Waals surface area contributed by atoms with Crippen LogP contribution in [-0.2, 0) is 9.53 Å². The predicted molar refractivity (Wildman–Crippen MR) is 80.7 cm³/mol. The number of benzene rings is 2. The number of rotatable bonds is 8. The Morgan fingerprint density at radius 2 is 1.41 bits per heavy atom. The van der Waals surface area contributed by atoms with Crippen molar-refractivity contribution >= 4 is 5.97 Å². The highest BCUT2D eigenvalue weighted by Crippen LogP contribution is 2.25. The van der Waals surface area contributed by atoms with Crippen LogP contribution in [0.4, 0.5) is 0 Å². The van der Waals surface area contributed by atoms with Gasteiger partial charge in [-0.1, -0.05) is 43.3 Å². The molecule has 2 rings (SSSR count). The highest BCUT2D eigenvalue weighted by molar-refractivity contribution is 5.75. The highest BCUT2D eigenvalue weighted by atomic mass is 16.9. The maximum atomic E-state index is 11.8. The Bertz CT molecular complexity index is 541. The Kier molecular flexibility index (Phi) is 5.38. The summed E-state index contributed by atoms with van der Waals surface area (Å²) in [4.78, 5) is 11.8. The fraction of sp³-hybridized carbons (Fsp3) is 0.235. The van der Waals surface area contributed by atoms with Crippen LogP contribution in [0.5, 0.6) is 11.5 Å². The quantitative estimate of drug-likeness (QED) is 0.758. The van der Waals surface area contributed by atoms with E-state index in [2.05, 4.69) is 0 Å². The molecule has 0 aliphatic heterocycles. The van der Waals surface area contributed by atoms with Gasteiger partial charge in [-0.05, 0) is 30.7 Å². The zero-order valence-electron chi connectivity index (χ0n) is 12.3. The number of carboxylic acid groups (broad SMARTS) is 1. The maximum absolute atomic E-state index is 11.8. The minimum absolute atomic E-state index is 0.186. The molecule has 5 heteroatoms. The zero-order valence-corrected chi connectivity index (χ0v) is 12.3. The molecule has 0 saturated carbocycles. The van der Waals surface area contributed by atoms with Crippen LogP contribution in [0.15, 0.2) is 60.7 Å². The second-order valence-corrected chi connectivity index (χ2v) is 4.54. The average molecular weight is 302 g/mol. The number of carboxylic acids is 1. The van der Waals surface area contributed by atoms with Crippen molar-refractivity contribution in [3.63, 3.8) is 0 Å². The van der Waals surface area contributed by atoms with Gasteiger partial charge in [0.2, 0.25) is 0 Å². The molecule has 0 radical (unpaired) electrons. The first kappa shape index (κ1) is 15.9. The molecule has 0 aromatic heterocycles. The van der Waals surface area contributed by atoms with Crippen molar-refractivity contribution in [3.8, 4) is 11.5 Å². The van der Waals surface area contributed by atoms with Crippen LogP contribution < -0.4 is 9.47 Å². The summed E-state index contributed by atoms with van der Waals surface area (Å²) < 4.78 is 16.5. The van der Waals surface area contributed by atoms with Crippen LogP contribution in [0, 0.1) is 0 Å². The van der Waals surface area contributed by atoms with Gasteiger partial charge in [0.25, 0.3) is 0 Å². The lowest BCUT2D eigenvalue weighted by atomic mass is 10.3. The topological polar surface area (TPSA) is 65.0 Å². The Labute approximate surface area is 129 Å². The first-order valence-corrected chi connectivity index (χ1v) is 7.02. The number of ether oxygens (including phenoxy) is 3. The lowest BCUT2D eigenvalue weighted by molar-refractivity contribution is -0.293.